The number of anilines is 1. The van der Waals surface area contributed by atoms with Gasteiger partial charge in [0.15, 0.2) is 0 Å². The van der Waals surface area contributed by atoms with Gasteiger partial charge < -0.3 is 20.9 Å². The lowest BCUT2D eigenvalue weighted by atomic mass is 10.2. The number of halogens is 3. The predicted molar refractivity (Wildman–Crippen MR) is 117 cm³/mol. The number of H-pyrrole nitrogens is 1. The van der Waals surface area contributed by atoms with E-state index in [4.69, 9.17) is 0 Å². The average molecular weight is 453 g/mol. The molecule has 0 aliphatic rings. The second-order valence-electron chi connectivity index (χ2n) is 7.15. The number of aromatic amines is 1. The van der Waals surface area contributed by atoms with Gasteiger partial charge in [-0.15, -0.1) is 0 Å². The number of carbonyl (C=O) groups is 2. The Balaban J connectivity index is 1.33. The molecule has 0 aliphatic carbocycles. The minimum absolute atomic E-state index is 0.00682. The Morgan fingerprint density at radius 1 is 0.879 bits per heavy atom. The van der Waals surface area contributed by atoms with E-state index in [1.54, 1.807) is 30.3 Å². The summed E-state index contributed by atoms with van der Waals surface area (Å²) in [4.78, 5) is 31.2. The van der Waals surface area contributed by atoms with Gasteiger partial charge >= 0.3 is 6.03 Å². The molecule has 168 valence electrons. The molecule has 0 fully saturated rings. The van der Waals surface area contributed by atoms with Crippen molar-refractivity contribution in [3.8, 4) is 11.4 Å². The molecule has 0 saturated carbocycles. The predicted octanol–water partition coefficient (Wildman–Crippen LogP) is 4.09. The third kappa shape index (κ3) is 5.48. The van der Waals surface area contributed by atoms with Gasteiger partial charge in [0, 0.05) is 12.2 Å². The lowest BCUT2D eigenvalue weighted by Gasteiger charge is -2.08. The smallest absolute Gasteiger partial charge is 0.315 e. The standard InChI is InChI=1S/C23H18F3N5O2/c24-14-3-1-13(2-4-14)11-27-23(33)28-12-21(32)29-16-6-8-19-20(10-16)31-22(30-19)17-9-15(25)5-7-18(17)26/h1-10H,11-12H2,(H,29,32)(H,30,31)(H2,27,28,33). The van der Waals surface area contributed by atoms with E-state index >= 15 is 0 Å². The topological polar surface area (TPSA) is 98.9 Å². The molecule has 3 aromatic carbocycles. The van der Waals surface area contributed by atoms with Crippen molar-refractivity contribution < 1.29 is 22.8 Å². The number of nitrogens with one attached hydrogen (secondary N) is 4. The van der Waals surface area contributed by atoms with Gasteiger partial charge in [-0.2, -0.15) is 0 Å². The second kappa shape index (κ2) is 9.43. The first kappa shape index (κ1) is 21.9. The molecular formula is C23H18F3N5O2. The fourth-order valence-corrected chi connectivity index (χ4v) is 3.11. The zero-order valence-electron chi connectivity index (χ0n) is 17.1. The maximum Gasteiger partial charge on any atom is 0.315 e. The highest BCUT2D eigenvalue weighted by Crippen LogP contribution is 2.25. The molecule has 4 rings (SSSR count). The van der Waals surface area contributed by atoms with Crippen molar-refractivity contribution in [1.82, 2.24) is 20.6 Å². The van der Waals surface area contributed by atoms with Crippen molar-refractivity contribution >= 4 is 28.7 Å². The quantitative estimate of drug-likeness (QED) is 0.354. The molecule has 1 heterocycles. The number of fused-ring (bicyclic) bond motifs is 1. The van der Waals surface area contributed by atoms with Gasteiger partial charge in [-0.25, -0.2) is 22.9 Å². The van der Waals surface area contributed by atoms with Crippen molar-refractivity contribution in [2.75, 3.05) is 11.9 Å². The van der Waals surface area contributed by atoms with E-state index in [1.807, 2.05) is 0 Å². The van der Waals surface area contributed by atoms with Gasteiger partial charge in [0.2, 0.25) is 5.91 Å². The summed E-state index contributed by atoms with van der Waals surface area (Å²) in [7, 11) is 0. The van der Waals surface area contributed by atoms with Crippen molar-refractivity contribution in [1.29, 1.82) is 0 Å². The number of urea groups is 1. The van der Waals surface area contributed by atoms with Crippen molar-refractivity contribution in [3.63, 3.8) is 0 Å². The molecule has 0 atom stereocenters. The fourth-order valence-electron chi connectivity index (χ4n) is 3.11. The number of rotatable bonds is 6. The normalized spacial score (nSPS) is 10.8. The van der Waals surface area contributed by atoms with Crippen LogP contribution >= 0.6 is 0 Å². The molecule has 0 saturated heterocycles. The summed E-state index contributed by atoms with van der Waals surface area (Å²) >= 11 is 0. The van der Waals surface area contributed by atoms with E-state index in [2.05, 4.69) is 25.9 Å². The number of nitrogens with zero attached hydrogens (tertiary/aromatic N) is 1. The van der Waals surface area contributed by atoms with Crippen LogP contribution in [0.2, 0.25) is 0 Å². The number of hydrogen-bond acceptors (Lipinski definition) is 3. The summed E-state index contributed by atoms with van der Waals surface area (Å²) in [5.74, 6) is -1.89. The zero-order valence-corrected chi connectivity index (χ0v) is 17.1. The maximum absolute atomic E-state index is 14.0. The molecule has 0 spiro atoms. The van der Waals surface area contributed by atoms with Crippen LogP contribution in [0, 0.1) is 17.5 Å². The largest absolute Gasteiger partial charge is 0.338 e. The van der Waals surface area contributed by atoms with E-state index < -0.39 is 23.6 Å². The SMILES string of the molecule is O=C(CNC(=O)NCc1ccc(F)cc1)Nc1ccc2nc(-c3cc(F)ccc3F)[nH]c2c1. The summed E-state index contributed by atoms with van der Waals surface area (Å²) in [6.07, 6.45) is 0. The third-order valence-electron chi connectivity index (χ3n) is 4.72. The minimum Gasteiger partial charge on any atom is -0.338 e. The fraction of sp³-hybridized carbons (Fsp3) is 0.0870. The van der Waals surface area contributed by atoms with Crippen LogP contribution in [-0.2, 0) is 11.3 Å². The highest BCUT2D eigenvalue weighted by molar-refractivity contribution is 5.96. The van der Waals surface area contributed by atoms with Crippen LogP contribution < -0.4 is 16.0 Å². The van der Waals surface area contributed by atoms with Crippen LogP contribution in [0.3, 0.4) is 0 Å². The summed E-state index contributed by atoms with van der Waals surface area (Å²) in [6.45, 7) is -0.103. The van der Waals surface area contributed by atoms with Gasteiger partial charge in [0.05, 0.1) is 23.1 Å². The monoisotopic (exact) mass is 453 g/mol. The first-order chi connectivity index (χ1) is 15.9. The van der Waals surface area contributed by atoms with Gasteiger partial charge in [-0.3, -0.25) is 4.79 Å². The highest BCUT2D eigenvalue weighted by Gasteiger charge is 2.12. The van der Waals surface area contributed by atoms with Gasteiger partial charge in [-0.1, -0.05) is 12.1 Å². The lowest BCUT2D eigenvalue weighted by Crippen LogP contribution is -2.39. The van der Waals surface area contributed by atoms with Crippen LogP contribution in [0.4, 0.5) is 23.7 Å². The maximum atomic E-state index is 14.0. The summed E-state index contributed by atoms with van der Waals surface area (Å²) < 4.78 is 40.4. The van der Waals surface area contributed by atoms with Gasteiger partial charge in [0.25, 0.3) is 0 Å². The van der Waals surface area contributed by atoms with Crippen LogP contribution in [0.15, 0.2) is 60.7 Å². The number of amides is 3. The molecule has 0 aliphatic heterocycles. The molecule has 0 bridgehead atoms. The Bertz CT molecular complexity index is 1320. The Hall–Kier alpha value is -4.34. The highest BCUT2D eigenvalue weighted by atomic mass is 19.1. The second-order valence-corrected chi connectivity index (χ2v) is 7.15. The minimum atomic E-state index is -0.618. The molecule has 33 heavy (non-hydrogen) atoms. The van der Waals surface area contributed by atoms with E-state index in [0.29, 0.717) is 22.3 Å². The van der Waals surface area contributed by atoms with Crippen molar-refractivity contribution in [3.05, 3.63) is 83.7 Å². The van der Waals surface area contributed by atoms with Crippen molar-refractivity contribution in [2.24, 2.45) is 0 Å². The molecular weight excluding hydrogens is 435 g/mol. The van der Waals surface area contributed by atoms with Gasteiger partial charge in [-0.05, 0) is 54.1 Å². The summed E-state index contributed by atoms with van der Waals surface area (Å²) in [5, 5.41) is 7.62. The Morgan fingerprint density at radius 2 is 1.64 bits per heavy atom. The van der Waals surface area contributed by atoms with Crippen molar-refractivity contribution in [2.45, 2.75) is 6.54 Å². The molecule has 3 amide bonds. The van der Waals surface area contributed by atoms with E-state index in [0.717, 1.165) is 18.2 Å². The van der Waals surface area contributed by atoms with E-state index in [9.17, 15) is 22.8 Å². The molecule has 1 aromatic heterocycles. The Morgan fingerprint density at radius 3 is 2.42 bits per heavy atom. The van der Waals surface area contributed by atoms with Crippen LogP contribution in [0.1, 0.15) is 5.56 Å². The van der Waals surface area contributed by atoms with Gasteiger partial charge in [0.1, 0.15) is 23.3 Å². The molecule has 4 aromatic rings. The molecule has 7 nitrogen and oxygen atoms in total. The molecule has 0 radical (unpaired) electrons. The number of hydrogen-bond donors (Lipinski definition) is 4. The van der Waals surface area contributed by atoms with E-state index in [1.165, 1.54) is 12.1 Å². The number of benzene rings is 3. The average Bonchev–Trinajstić information content (AvgIpc) is 3.22. The molecule has 0 unspecified atom stereocenters. The summed E-state index contributed by atoms with van der Waals surface area (Å²) in [5.41, 5.74) is 2.14. The summed E-state index contributed by atoms with van der Waals surface area (Å²) in [6, 6.07) is 13.0. The zero-order chi connectivity index (χ0) is 23.4. The first-order valence-electron chi connectivity index (χ1n) is 9.88. The molecule has 10 heteroatoms. The van der Waals surface area contributed by atoms with E-state index in [-0.39, 0.29) is 30.3 Å². The number of imidazole rings is 1. The third-order valence-corrected chi connectivity index (χ3v) is 4.72. The number of aromatic nitrogens is 2. The molecule has 4 N–H and O–H groups in total. The lowest BCUT2D eigenvalue weighted by molar-refractivity contribution is -0.115. The van der Waals surface area contributed by atoms with Crippen LogP contribution in [0.5, 0.6) is 0 Å². The van der Waals surface area contributed by atoms with Crippen LogP contribution in [-0.4, -0.2) is 28.5 Å². The first-order valence-corrected chi connectivity index (χ1v) is 9.88. The Kier molecular flexibility index (Phi) is 6.25. The Labute approximate surface area is 186 Å². The van der Waals surface area contributed by atoms with Crippen LogP contribution in [0.25, 0.3) is 22.4 Å². The number of carbonyl (C=O) groups excluding carboxylic acids is 2.